The van der Waals surface area contributed by atoms with Crippen LogP contribution in [0, 0.1) is 11.8 Å². The quantitative estimate of drug-likeness (QED) is 0.784. The van der Waals surface area contributed by atoms with Gasteiger partial charge in [0, 0.05) is 19.8 Å². The highest BCUT2D eigenvalue weighted by Gasteiger charge is 2.22. The van der Waals surface area contributed by atoms with Gasteiger partial charge >= 0.3 is 5.97 Å². The molecular weight excluding hydrogens is 222 g/mol. The van der Waals surface area contributed by atoms with Crippen molar-refractivity contribution in [2.24, 2.45) is 18.9 Å². The number of aliphatic carboxylic acids is 1. The third-order valence-electron chi connectivity index (χ3n) is 2.57. The van der Waals surface area contributed by atoms with Gasteiger partial charge in [0.05, 0.1) is 17.7 Å². The van der Waals surface area contributed by atoms with E-state index in [1.807, 2.05) is 13.8 Å². The third kappa shape index (κ3) is 3.58. The number of hydrogen-bond donors (Lipinski definition) is 2. The van der Waals surface area contributed by atoms with Crippen molar-refractivity contribution < 1.29 is 14.7 Å². The van der Waals surface area contributed by atoms with E-state index >= 15 is 0 Å². The second kappa shape index (κ2) is 5.47. The van der Waals surface area contributed by atoms with Crippen LogP contribution < -0.4 is 5.32 Å². The third-order valence-corrected chi connectivity index (χ3v) is 2.57. The summed E-state index contributed by atoms with van der Waals surface area (Å²) >= 11 is 0. The topological polar surface area (TPSA) is 84.2 Å². The largest absolute Gasteiger partial charge is 0.481 e. The first-order chi connectivity index (χ1) is 7.91. The number of rotatable bonds is 5. The number of nitrogens with zero attached hydrogens (tertiary/aromatic N) is 2. The number of carbonyl (C=O) groups is 2. The standard InChI is InChI=1S/C11H17N3O3/c1-7(2)9(11(16)17)5-12-10(15)8-4-13-14(3)6-8/h4,6-7,9H,5H2,1-3H3,(H,12,15)(H,16,17). The Morgan fingerprint density at radius 3 is 2.59 bits per heavy atom. The average Bonchev–Trinajstić information content (AvgIpc) is 2.63. The van der Waals surface area contributed by atoms with Crippen molar-refractivity contribution in [2.75, 3.05) is 6.54 Å². The number of carboxylic acids is 1. The van der Waals surface area contributed by atoms with E-state index in [2.05, 4.69) is 10.4 Å². The van der Waals surface area contributed by atoms with Crippen LogP contribution in [0.2, 0.25) is 0 Å². The molecule has 0 saturated carbocycles. The highest BCUT2D eigenvalue weighted by molar-refractivity contribution is 5.93. The zero-order valence-electron chi connectivity index (χ0n) is 10.2. The molecule has 0 saturated heterocycles. The molecule has 6 heteroatoms. The van der Waals surface area contributed by atoms with E-state index in [0.717, 1.165) is 0 Å². The number of nitrogens with one attached hydrogen (secondary N) is 1. The van der Waals surface area contributed by atoms with Crippen molar-refractivity contribution in [1.29, 1.82) is 0 Å². The fraction of sp³-hybridized carbons (Fsp3) is 0.545. The lowest BCUT2D eigenvalue weighted by molar-refractivity contribution is -0.142. The van der Waals surface area contributed by atoms with E-state index in [-0.39, 0.29) is 18.4 Å². The molecule has 1 aromatic rings. The number of carbonyl (C=O) groups excluding carboxylic acids is 1. The van der Waals surface area contributed by atoms with Crippen molar-refractivity contribution in [3.8, 4) is 0 Å². The summed E-state index contributed by atoms with van der Waals surface area (Å²) in [6, 6.07) is 0. The first kappa shape index (κ1) is 13.2. The van der Waals surface area contributed by atoms with Gasteiger partial charge in [-0.25, -0.2) is 0 Å². The molecule has 0 aliphatic rings. The summed E-state index contributed by atoms with van der Waals surface area (Å²) in [5.74, 6) is -1.80. The molecule has 0 fully saturated rings. The van der Waals surface area contributed by atoms with Gasteiger partial charge in [0.25, 0.3) is 5.91 Å². The lowest BCUT2D eigenvalue weighted by Gasteiger charge is -2.16. The Hall–Kier alpha value is -1.85. The minimum absolute atomic E-state index is 0.0262. The molecule has 0 aliphatic heterocycles. The van der Waals surface area contributed by atoms with E-state index in [9.17, 15) is 9.59 Å². The summed E-state index contributed by atoms with van der Waals surface area (Å²) in [4.78, 5) is 22.6. The summed E-state index contributed by atoms with van der Waals surface area (Å²) in [6.07, 6.45) is 3.03. The van der Waals surface area contributed by atoms with Crippen molar-refractivity contribution in [3.63, 3.8) is 0 Å². The van der Waals surface area contributed by atoms with Crippen molar-refractivity contribution in [2.45, 2.75) is 13.8 Å². The van der Waals surface area contributed by atoms with Gasteiger partial charge in [0.1, 0.15) is 0 Å². The van der Waals surface area contributed by atoms with Crippen LogP contribution in [0.4, 0.5) is 0 Å². The maximum atomic E-state index is 11.7. The van der Waals surface area contributed by atoms with Gasteiger partial charge in [0.15, 0.2) is 0 Å². The summed E-state index contributed by atoms with van der Waals surface area (Å²) in [5, 5.41) is 15.4. The van der Waals surface area contributed by atoms with Gasteiger partial charge in [-0.3, -0.25) is 14.3 Å². The number of hydrogen-bond acceptors (Lipinski definition) is 3. The van der Waals surface area contributed by atoms with Gasteiger partial charge in [-0.05, 0) is 5.92 Å². The molecular formula is C11H17N3O3. The number of amides is 1. The molecule has 0 spiro atoms. The van der Waals surface area contributed by atoms with Crippen molar-refractivity contribution in [1.82, 2.24) is 15.1 Å². The highest BCUT2D eigenvalue weighted by atomic mass is 16.4. The first-order valence-electron chi connectivity index (χ1n) is 5.41. The van der Waals surface area contributed by atoms with Crippen LogP contribution >= 0.6 is 0 Å². The van der Waals surface area contributed by atoms with E-state index in [4.69, 9.17) is 5.11 Å². The first-order valence-corrected chi connectivity index (χ1v) is 5.41. The van der Waals surface area contributed by atoms with E-state index in [1.165, 1.54) is 10.9 Å². The predicted molar refractivity (Wildman–Crippen MR) is 61.5 cm³/mol. The smallest absolute Gasteiger partial charge is 0.308 e. The summed E-state index contributed by atoms with van der Waals surface area (Å²) in [7, 11) is 1.71. The van der Waals surface area contributed by atoms with Crippen LogP contribution in [0.15, 0.2) is 12.4 Å². The monoisotopic (exact) mass is 239 g/mol. The van der Waals surface area contributed by atoms with Gasteiger partial charge < -0.3 is 10.4 Å². The molecule has 17 heavy (non-hydrogen) atoms. The Morgan fingerprint density at radius 1 is 1.53 bits per heavy atom. The number of aryl methyl sites for hydroxylation is 1. The van der Waals surface area contributed by atoms with Crippen LogP contribution in [0.5, 0.6) is 0 Å². The lowest BCUT2D eigenvalue weighted by Crippen LogP contribution is -2.35. The van der Waals surface area contributed by atoms with Crippen molar-refractivity contribution in [3.05, 3.63) is 18.0 Å². The zero-order valence-corrected chi connectivity index (χ0v) is 10.2. The molecule has 1 amide bonds. The lowest BCUT2D eigenvalue weighted by atomic mass is 9.96. The molecule has 1 unspecified atom stereocenters. The molecule has 6 nitrogen and oxygen atoms in total. The number of carboxylic acid groups (broad SMARTS) is 1. The van der Waals surface area contributed by atoms with E-state index in [0.29, 0.717) is 5.56 Å². The number of aromatic nitrogens is 2. The second-order valence-electron chi connectivity index (χ2n) is 4.30. The average molecular weight is 239 g/mol. The Labute approximate surface area is 99.6 Å². The Bertz CT molecular complexity index is 412. The van der Waals surface area contributed by atoms with Gasteiger partial charge in [-0.1, -0.05) is 13.8 Å². The Balaban J connectivity index is 2.55. The predicted octanol–water partition coefficient (Wildman–Crippen LogP) is 0.507. The molecule has 0 bridgehead atoms. The van der Waals surface area contributed by atoms with Crippen LogP contribution in [0.25, 0.3) is 0 Å². The Kier molecular flexibility index (Phi) is 4.25. The summed E-state index contributed by atoms with van der Waals surface area (Å²) in [6.45, 7) is 3.75. The van der Waals surface area contributed by atoms with Gasteiger partial charge in [0.2, 0.25) is 0 Å². The van der Waals surface area contributed by atoms with Gasteiger partial charge in [-0.2, -0.15) is 5.10 Å². The molecule has 0 aliphatic carbocycles. The second-order valence-corrected chi connectivity index (χ2v) is 4.30. The minimum atomic E-state index is -0.897. The van der Waals surface area contributed by atoms with Crippen LogP contribution in [-0.4, -0.2) is 33.3 Å². The van der Waals surface area contributed by atoms with E-state index < -0.39 is 11.9 Å². The molecule has 0 radical (unpaired) electrons. The fourth-order valence-electron chi connectivity index (χ4n) is 1.45. The van der Waals surface area contributed by atoms with Crippen LogP contribution in [-0.2, 0) is 11.8 Å². The Morgan fingerprint density at radius 2 is 2.18 bits per heavy atom. The fourth-order valence-corrected chi connectivity index (χ4v) is 1.45. The molecule has 1 rings (SSSR count). The molecule has 2 N–H and O–H groups in total. The maximum Gasteiger partial charge on any atom is 0.308 e. The summed E-state index contributed by atoms with van der Waals surface area (Å²) in [5.41, 5.74) is 0.431. The van der Waals surface area contributed by atoms with Gasteiger partial charge in [-0.15, -0.1) is 0 Å². The van der Waals surface area contributed by atoms with Crippen LogP contribution in [0.1, 0.15) is 24.2 Å². The molecule has 94 valence electrons. The molecule has 0 aromatic carbocycles. The van der Waals surface area contributed by atoms with Crippen LogP contribution in [0.3, 0.4) is 0 Å². The maximum absolute atomic E-state index is 11.7. The summed E-state index contributed by atoms with van der Waals surface area (Å²) < 4.78 is 1.52. The normalized spacial score (nSPS) is 12.5. The SMILES string of the molecule is CC(C)C(CNC(=O)c1cnn(C)c1)C(=O)O. The zero-order chi connectivity index (χ0) is 13.0. The highest BCUT2D eigenvalue weighted by Crippen LogP contribution is 2.10. The molecule has 1 heterocycles. The van der Waals surface area contributed by atoms with Crippen molar-refractivity contribution >= 4 is 11.9 Å². The molecule has 1 aromatic heterocycles. The molecule has 1 atom stereocenters. The minimum Gasteiger partial charge on any atom is -0.481 e. The van der Waals surface area contributed by atoms with E-state index in [1.54, 1.807) is 13.2 Å².